The van der Waals surface area contributed by atoms with Crippen molar-refractivity contribution in [2.45, 2.75) is 25.9 Å². The van der Waals surface area contributed by atoms with Crippen LogP contribution in [0.4, 0.5) is 17.6 Å². The number of fused-ring (bicyclic) bond motifs is 1. The molecule has 9 nitrogen and oxygen atoms in total. The van der Waals surface area contributed by atoms with Crippen molar-refractivity contribution in [3.05, 3.63) is 28.8 Å². The monoisotopic (exact) mass is 420 g/mol. The maximum atomic E-state index is 12.4. The lowest BCUT2D eigenvalue weighted by molar-refractivity contribution is -0.113. The van der Waals surface area contributed by atoms with Gasteiger partial charge in [0.25, 0.3) is 5.78 Å². The van der Waals surface area contributed by atoms with E-state index in [2.05, 4.69) is 36.1 Å². The van der Waals surface area contributed by atoms with Crippen molar-refractivity contribution in [3.63, 3.8) is 0 Å². The van der Waals surface area contributed by atoms with Gasteiger partial charge in [0.15, 0.2) is 5.16 Å². The molecule has 3 rings (SSSR count). The second-order valence-corrected chi connectivity index (χ2v) is 7.15. The summed E-state index contributed by atoms with van der Waals surface area (Å²) in [6, 6.07) is 5.40. The highest BCUT2D eigenvalue weighted by molar-refractivity contribution is 7.99. The molecule has 0 radical (unpaired) electrons. The van der Waals surface area contributed by atoms with Crippen LogP contribution in [0, 0.1) is 6.92 Å². The fraction of sp³-hybridized carbons (Fsp3) is 0.353. The standard InChI is InChI=1S/C17H21ClN8OS/c1-4-19-14-22-15(20-5-2)26-16(23-14)24-25-17(26)28-9-13(27)21-12-8-6-7-11(18)10(12)3/h6-8H,4-5,9H2,1-3H3,(H,21,27)(H2,19,20,22,23,24). The molecular formula is C17H21ClN8OS. The molecule has 0 fully saturated rings. The second kappa shape index (κ2) is 9.07. The summed E-state index contributed by atoms with van der Waals surface area (Å²) in [5.41, 5.74) is 1.52. The fourth-order valence-corrected chi connectivity index (χ4v) is 3.36. The number of nitrogens with one attached hydrogen (secondary N) is 3. The van der Waals surface area contributed by atoms with Crippen molar-refractivity contribution in [1.29, 1.82) is 0 Å². The molecule has 1 amide bonds. The van der Waals surface area contributed by atoms with E-state index in [-0.39, 0.29) is 11.7 Å². The summed E-state index contributed by atoms with van der Waals surface area (Å²) in [6.45, 7) is 7.17. The fourth-order valence-electron chi connectivity index (χ4n) is 2.46. The van der Waals surface area contributed by atoms with Crippen LogP contribution in [0.5, 0.6) is 0 Å². The Morgan fingerprint density at radius 3 is 2.71 bits per heavy atom. The maximum Gasteiger partial charge on any atom is 0.261 e. The van der Waals surface area contributed by atoms with E-state index in [0.29, 0.717) is 46.6 Å². The Morgan fingerprint density at radius 1 is 1.18 bits per heavy atom. The number of anilines is 3. The largest absolute Gasteiger partial charge is 0.355 e. The lowest BCUT2D eigenvalue weighted by Crippen LogP contribution is -2.15. The van der Waals surface area contributed by atoms with Gasteiger partial charge in [-0.05, 0) is 38.5 Å². The number of carbonyl (C=O) groups excluding carboxylic acids is 1. The average molecular weight is 421 g/mol. The number of benzene rings is 1. The third-order valence-corrected chi connectivity index (χ3v) is 5.13. The smallest absolute Gasteiger partial charge is 0.261 e. The van der Waals surface area contributed by atoms with Gasteiger partial charge < -0.3 is 16.0 Å². The van der Waals surface area contributed by atoms with E-state index in [0.717, 1.165) is 5.56 Å². The summed E-state index contributed by atoms with van der Waals surface area (Å²) in [6.07, 6.45) is 0. The highest BCUT2D eigenvalue weighted by Crippen LogP contribution is 2.24. The van der Waals surface area contributed by atoms with Crippen LogP contribution in [0.15, 0.2) is 23.4 Å². The number of carbonyl (C=O) groups is 1. The van der Waals surface area contributed by atoms with Crippen LogP contribution in [-0.2, 0) is 4.79 Å². The third kappa shape index (κ3) is 4.45. The van der Waals surface area contributed by atoms with E-state index in [1.54, 1.807) is 16.5 Å². The third-order valence-electron chi connectivity index (χ3n) is 3.79. The topological polar surface area (TPSA) is 109 Å². The van der Waals surface area contributed by atoms with Gasteiger partial charge in [-0.1, -0.05) is 29.4 Å². The second-order valence-electron chi connectivity index (χ2n) is 5.80. The molecule has 0 atom stereocenters. The van der Waals surface area contributed by atoms with Crippen molar-refractivity contribution in [2.75, 3.05) is 34.8 Å². The Morgan fingerprint density at radius 2 is 1.96 bits per heavy atom. The lowest BCUT2D eigenvalue weighted by Gasteiger charge is -2.10. The molecule has 28 heavy (non-hydrogen) atoms. The van der Waals surface area contributed by atoms with Crippen LogP contribution in [0.25, 0.3) is 5.78 Å². The molecule has 0 saturated heterocycles. The molecule has 1 aromatic carbocycles. The molecule has 0 aliphatic carbocycles. The van der Waals surface area contributed by atoms with Crippen LogP contribution in [0.1, 0.15) is 19.4 Å². The number of nitrogens with zero attached hydrogens (tertiary/aromatic N) is 5. The van der Waals surface area contributed by atoms with Gasteiger partial charge in [-0.2, -0.15) is 9.97 Å². The first kappa shape index (κ1) is 20.2. The van der Waals surface area contributed by atoms with Crippen LogP contribution in [0.3, 0.4) is 0 Å². The van der Waals surface area contributed by atoms with Crippen molar-refractivity contribution in [3.8, 4) is 0 Å². The van der Waals surface area contributed by atoms with Crippen molar-refractivity contribution in [1.82, 2.24) is 24.6 Å². The first-order valence-electron chi connectivity index (χ1n) is 8.82. The van der Waals surface area contributed by atoms with Crippen LogP contribution >= 0.6 is 23.4 Å². The summed E-state index contributed by atoms with van der Waals surface area (Å²) in [7, 11) is 0. The van der Waals surface area contributed by atoms with Crippen molar-refractivity contribution < 1.29 is 4.79 Å². The summed E-state index contributed by atoms with van der Waals surface area (Å²) < 4.78 is 1.70. The van der Waals surface area contributed by atoms with Crippen molar-refractivity contribution in [2.24, 2.45) is 0 Å². The molecule has 0 unspecified atom stereocenters. The molecule has 0 aliphatic rings. The van der Waals surface area contributed by atoms with Gasteiger partial charge >= 0.3 is 0 Å². The molecule has 2 heterocycles. The first-order valence-corrected chi connectivity index (χ1v) is 10.2. The Kier molecular flexibility index (Phi) is 6.53. The minimum atomic E-state index is -0.165. The Balaban J connectivity index is 1.76. The number of amides is 1. The minimum absolute atomic E-state index is 0.160. The lowest BCUT2D eigenvalue weighted by atomic mass is 10.2. The summed E-state index contributed by atoms with van der Waals surface area (Å²) in [5, 5.41) is 18.5. The SMILES string of the molecule is CCNc1nc(NCC)n2c(SCC(=O)Nc3cccc(Cl)c3C)nnc2n1. The predicted octanol–water partition coefficient (Wildman–Crippen LogP) is 3.08. The summed E-state index contributed by atoms with van der Waals surface area (Å²) in [5.74, 6) is 1.46. The van der Waals surface area contributed by atoms with Crippen LogP contribution in [-0.4, -0.2) is 49.3 Å². The molecule has 0 bridgehead atoms. The zero-order valence-corrected chi connectivity index (χ0v) is 17.4. The zero-order valence-electron chi connectivity index (χ0n) is 15.8. The predicted molar refractivity (Wildman–Crippen MR) is 112 cm³/mol. The molecule has 11 heteroatoms. The van der Waals surface area contributed by atoms with E-state index in [9.17, 15) is 4.79 Å². The number of thioether (sulfide) groups is 1. The number of halogens is 1. The number of aromatic nitrogens is 5. The van der Waals surface area contributed by atoms with Gasteiger partial charge in [0.1, 0.15) is 0 Å². The number of hydrogen-bond acceptors (Lipinski definition) is 8. The Labute approximate surface area is 171 Å². The highest BCUT2D eigenvalue weighted by Gasteiger charge is 2.16. The highest BCUT2D eigenvalue weighted by atomic mass is 35.5. The van der Waals surface area contributed by atoms with E-state index in [4.69, 9.17) is 11.6 Å². The molecule has 2 aromatic heterocycles. The van der Waals surface area contributed by atoms with Crippen LogP contribution in [0.2, 0.25) is 5.02 Å². The minimum Gasteiger partial charge on any atom is -0.355 e. The van der Waals surface area contributed by atoms with E-state index in [1.807, 2.05) is 26.8 Å². The van der Waals surface area contributed by atoms with Gasteiger partial charge in [0, 0.05) is 23.8 Å². The summed E-state index contributed by atoms with van der Waals surface area (Å²) in [4.78, 5) is 21.2. The van der Waals surface area contributed by atoms with Gasteiger partial charge in [-0.3, -0.25) is 4.79 Å². The number of rotatable bonds is 8. The van der Waals surface area contributed by atoms with Crippen LogP contribution < -0.4 is 16.0 Å². The van der Waals surface area contributed by atoms with Gasteiger partial charge in [0.05, 0.1) is 5.75 Å². The normalized spacial score (nSPS) is 10.9. The molecule has 3 N–H and O–H groups in total. The molecule has 3 aromatic rings. The van der Waals surface area contributed by atoms with E-state index >= 15 is 0 Å². The molecular weight excluding hydrogens is 400 g/mol. The molecule has 0 aliphatic heterocycles. The summed E-state index contributed by atoms with van der Waals surface area (Å²) >= 11 is 7.36. The van der Waals surface area contributed by atoms with E-state index in [1.165, 1.54) is 11.8 Å². The van der Waals surface area contributed by atoms with Gasteiger partial charge in [0.2, 0.25) is 17.8 Å². The molecule has 0 saturated carbocycles. The van der Waals surface area contributed by atoms with Crippen molar-refractivity contribution >= 4 is 52.6 Å². The molecule has 0 spiro atoms. The van der Waals surface area contributed by atoms with Gasteiger partial charge in [-0.15, -0.1) is 10.2 Å². The maximum absolute atomic E-state index is 12.4. The Bertz CT molecular complexity index is 993. The van der Waals surface area contributed by atoms with E-state index < -0.39 is 0 Å². The van der Waals surface area contributed by atoms with Gasteiger partial charge in [-0.25, -0.2) is 4.40 Å². The average Bonchev–Trinajstić information content (AvgIpc) is 3.07. The first-order chi connectivity index (χ1) is 13.5. The Hall–Kier alpha value is -2.59. The quantitative estimate of drug-likeness (QED) is 0.477. The zero-order chi connectivity index (χ0) is 20.1. The number of hydrogen-bond donors (Lipinski definition) is 3. The molecule has 148 valence electrons.